The number of benzene rings is 1. The van der Waals surface area contributed by atoms with Crippen molar-refractivity contribution in [3.05, 3.63) is 53.7 Å². The quantitative estimate of drug-likeness (QED) is 0.712. The van der Waals surface area contributed by atoms with Crippen LogP contribution in [0.1, 0.15) is 19.4 Å². The lowest BCUT2D eigenvalue weighted by Gasteiger charge is -2.26. The molecule has 0 bridgehead atoms. The van der Waals surface area contributed by atoms with Gasteiger partial charge in [0.05, 0.1) is 25.5 Å². The van der Waals surface area contributed by atoms with Crippen molar-refractivity contribution < 1.29 is 18.5 Å². The van der Waals surface area contributed by atoms with Crippen LogP contribution in [0.3, 0.4) is 0 Å². The Morgan fingerprint density at radius 3 is 2.48 bits per heavy atom. The molecule has 0 unspecified atom stereocenters. The lowest BCUT2D eigenvalue weighted by molar-refractivity contribution is -0.0510. The van der Waals surface area contributed by atoms with E-state index >= 15 is 0 Å². The van der Waals surface area contributed by atoms with Crippen LogP contribution in [-0.4, -0.2) is 24.7 Å². The van der Waals surface area contributed by atoms with Gasteiger partial charge in [-0.15, -0.1) is 0 Å². The van der Waals surface area contributed by atoms with E-state index < -0.39 is 7.75 Å². The van der Waals surface area contributed by atoms with Crippen molar-refractivity contribution in [3.8, 4) is 0 Å². The molecule has 5 nitrogen and oxygen atoms in total. The van der Waals surface area contributed by atoms with Gasteiger partial charge in [0.25, 0.3) is 0 Å². The molecule has 6 heteroatoms. The SMILES string of the molecule is CCOP(=O)(OCC)N1OCC=C1C=Cc1ccccc1. The first-order chi connectivity index (χ1) is 10.2. The van der Waals surface area contributed by atoms with E-state index in [0.717, 1.165) is 5.56 Å². The summed E-state index contributed by atoms with van der Waals surface area (Å²) in [6.07, 6.45) is 5.60. The van der Waals surface area contributed by atoms with Crippen molar-refractivity contribution in [1.82, 2.24) is 4.83 Å². The predicted molar refractivity (Wildman–Crippen MR) is 82.2 cm³/mol. The monoisotopic (exact) mass is 309 g/mol. The van der Waals surface area contributed by atoms with E-state index in [4.69, 9.17) is 13.9 Å². The number of hydrogen-bond donors (Lipinski definition) is 0. The van der Waals surface area contributed by atoms with Gasteiger partial charge in [-0.3, -0.25) is 13.9 Å². The lowest BCUT2D eigenvalue weighted by Crippen LogP contribution is -2.18. The highest BCUT2D eigenvalue weighted by molar-refractivity contribution is 7.51. The lowest BCUT2D eigenvalue weighted by atomic mass is 10.2. The molecule has 0 saturated heterocycles. The fourth-order valence-corrected chi connectivity index (χ4v) is 3.48. The molecule has 0 N–H and O–H groups in total. The molecular formula is C15H20NO4P. The second kappa shape index (κ2) is 7.57. The Balaban J connectivity index is 2.16. The zero-order chi connectivity index (χ0) is 15.1. The van der Waals surface area contributed by atoms with Gasteiger partial charge in [-0.25, -0.2) is 4.57 Å². The van der Waals surface area contributed by atoms with Crippen LogP contribution in [0, 0.1) is 0 Å². The first-order valence-electron chi connectivity index (χ1n) is 6.95. The van der Waals surface area contributed by atoms with Gasteiger partial charge in [0, 0.05) is 0 Å². The zero-order valence-electron chi connectivity index (χ0n) is 12.3. The molecule has 0 amide bonds. The van der Waals surface area contributed by atoms with Crippen LogP contribution in [-0.2, 0) is 18.5 Å². The number of nitrogens with zero attached hydrogens (tertiary/aromatic N) is 1. The van der Waals surface area contributed by atoms with E-state index in [-0.39, 0.29) is 13.2 Å². The van der Waals surface area contributed by atoms with Gasteiger partial charge >= 0.3 is 7.75 Å². The maximum Gasteiger partial charge on any atom is 0.458 e. The highest BCUT2D eigenvalue weighted by Gasteiger charge is 2.37. The second-order valence-electron chi connectivity index (χ2n) is 4.25. The summed E-state index contributed by atoms with van der Waals surface area (Å²) >= 11 is 0. The molecule has 2 rings (SSSR count). The average molecular weight is 309 g/mol. The Morgan fingerprint density at radius 1 is 1.19 bits per heavy atom. The van der Waals surface area contributed by atoms with Gasteiger partial charge < -0.3 is 0 Å². The van der Waals surface area contributed by atoms with E-state index in [2.05, 4.69) is 0 Å². The van der Waals surface area contributed by atoms with Gasteiger partial charge in [-0.1, -0.05) is 36.4 Å². The Bertz CT molecular complexity index is 546. The summed E-state index contributed by atoms with van der Waals surface area (Å²) in [5, 5.41) is 0. The molecule has 0 aromatic heterocycles. The molecule has 114 valence electrons. The van der Waals surface area contributed by atoms with E-state index in [0.29, 0.717) is 12.3 Å². The summed E-state index contributed by atoms with van der Waals surface area (Å²) in [5.41, 5.74) is 1.72. The van der Waals surface area contributed by atoms with Crippen molar-refractivity contribution in [3.63, 3.8) is 0 Å². The van der Waals surface area contributed by atoms with Crippen LogP contribution in [0.25, 0.3) is 6.08 Å². The first-order valence-corrected chi connectivity index (χ1v) is 8.45. The smallest absolute Gasteiger partial charge is 0.291 e. The standard InChI is InChI=1S/C15H20NO4P/c1-3-19-21(17,20-4-2)16-15(12-13-18-16)11-10-14-8-6-5-7-9-14/h5-12H,3-4,13H2,1-2H3. The van der Waals surface area contributed by atoms with Crippen molar-refractivity contribution in [1.29, 1.82) is 0 Å². The largest absolute Gasteiger partial charge is 0.458 e. The minimum Gasteiger partial charge on any atom is -0.291 e. The normalized spacial score (nSPS) is 15.7. The van der Waals surface area contributed by atoms with Crippen molar-refractivity contribution in [2.45, 2.75) is 13.8 Å². The molecule has 0 aliphatic carbocycles. The maximum atomic E-state index is 12.7. The van der Waals surface area contributed by atoms with Crippen LogP contribution >= 0.6 is 7.75 Å². The predicted octanol–water partition coefficient (Wildman–Crippen LogP) is 4.01. The maximum absolute atomic E-state index is 12.7. The van der Waals surface area contributed by atoms with Crippen molar-refractivity contribution >= 4 is 13.8 Å². The molecular weight excluding hydrogens is 289 g/mol. The van der Waals surface area contributed by atoms with Crippen molar-refractivity contribution in [2.24, 2.45) is 0 Å². The Labute approximate surface area is 125 Å². The summed E-state index contributed by atoms with van der Waals surface area (Å²) in [4.78, 5) is 6.65. The Kier molecular flexibility index (Phi) is 5.76. The first kappa shape index (κ1) is 16.0. The molecule has 1 aliphatic rings. The Hall–Kier alpha value is -1.39. The highest BCUT2D eigenvalue weighted by atomic mass is 31.2. The van der Waals surface area contributed by atoms with E-state index in [1.807, 2.05) is 48.6 Å². The third-order valence-electron chi connectivity index (χ3n) is 2.76. The number of hydroxylamine groups is 1. The molecule has 0 saturated carbocycles. The summed E-state index contributed by atoms with van der Waals surface area (Å²) in [6.45, 7) is 4.45. The van der Waals surface area contributed by atoms with E-state index in [1.165, 1.54) is 4.83 Å². The van der Waals surface area contributed by atoms with Gasteiger partial charge in [0.2, 0.25) is 0 Å². The summed E-state index contributed by atoms with van der Waals surface area (Å²) in [6, 6.07) is 9.86. The molecule has 1 aromatic carbocycles. The van der Waals surface area contributed by atoms with Gasteiger partial charge in [-0.05, 0) is 31.6 Å². The van der Waals surface area contributed by atoms with E-state index in [9.17, 15) is 4.57 Å². The second-order valence-corrected chi connectivity index (χ2v) is 6.06. The third-order valence-corrected chi connectivity index (χ3v) is 4.72. The summed E-state index contributed by atoms with van der Waals surface area (Å²) in [5.74, 6) is 0. The minimum atomic E-state index is -3.45. The number of rotatable bonds is 7. The third kappa shape index (κ3) is 4.05. The van der Waals surface area contributed by atoms with Gasteiger partial charge in [0.1, 0.15) is 0 Å². The number of hydrogen-bond acceptors (Lipinski definition) is 4. The zero-order valence-corrected chi connectivity index (χ0v) is 13.2. The van der Waals surface area contributed by atoms with Gasteiger partial charge in [-0.2, -0.15) is 4.83 Å². The van der Waals surface area contributed by atoms with Gasteiger partial charge in [0.15, 0.2) is 0 Å². The van der Waals surface area contributed by atoms with Crippen LogP contribution in [0.15, 0.2) is 48.2 Å². The molecule has 0 atom stereocenters. The number of allylic oxidation sites excluding steroid dienone is 1. The minimum absolute atomic E-state index is 0.285. The molecule has 0 fully saturated rings. The highest BCUT2D eigenvalue weighted by Crippen LogP contribution is 2.55. The van der Waals surface area contributed by atoms with Crippen LogP contribution in [0.2, 0.25) is 0 Å². The Morgan fingerprint density at radius 2 is 1.86 bits per heavy atom. The molecule has 0 spiro atoms. The molecule has 1 aromatic rings. The van der Waals surface area contributed by atoms with E-state index in [1.54, 1.807) is 13.8 Å². The van der Waals surface area contributed by atoms with Crippen molar-refractivity contribution in [2.75, 3.05) is 19.8 Å². The summed E-state index contributed by atoms with van der Waals surface area (Å²) in [7, 11) is -3.45. The fourth-order valence-electron chi connectivity index (χ4n) is 1.90. The molecule has 21 heavy (non-hydrogen) atoms. The average Bonchev–Trinajstić information content (AvgIpc) is 2.96. The topological polar surface area (TPSA) is 48.0 Å². The molecule has 1 heterocycles. The van der Waals surface area contributed by atoms with Crippen LogP contribution in [0.4, 0.5) is 0 Å². The fraction of sp³-hybridized carbons (Fsp3) is 0.333. The molecule has 0 radical (unpaired) electrons. The molecule has 1 aliphatic heterocycles. The van der Waals surface area contributed by atoms with Crippen LogP contribution in [0.5, 0.6) is 0 Å². The van der Waals surface area contributed by atoms with Crippen LogP contribution < -0.4 is 0 Å². The summed E-state index contributed by atoms with van der Waals surface area (Å²) < 4.78 is 23.3.